The average Bonchev–Trinajstić information content (AvgIpc) is 2.46. The van der Waals surface area contributed by atoms with Crippen molar-refractivity contribution >= 4 is 39.2 Å². The van der Waals surface area contributed by atoms with Crippen LogP contribution >= 0.6 is 27.7 Å². The van der Waals surface area contributed by atoms with E-state index in [9.17, 15) is 9.59 Å². The number of thioether (sulfide) groups is 1. The minimum Gasteiger partial charge on any atom is -0.355 e. The number of hydrogen-bond donors (Lipinski definition) is 1. The molecule has 2 rings (SSSR count). The number of nitrogens with one attached hydrogen (secondary N) is 1. The first-order chi connectivity index (χ1) is 10.5. The van der Waals surface area contributed by atoms with E-state index in [0.29, 0.717) is 35.3 Å². The van der Waals surface area contributed by atoms with Gasteiger partial charge in [-0.25, -0.2) is 4.98 Å². The van der Waals surface area contributed by atoms with Crippen molar-refractivity contribution in [2.45, 2.75) is 19.6 Å². The first kappa shape index (κ1) is 17.0. The quantitative estimate of drug-likeness (QED) is 0.831. The first-order valence-electron chi connectivity index (χ1n) is 6.98. The van der Waals surface area contributed by atoms with E-state index in [-0.39, 0.29) is 11.5 Å². The van der Waals surface area contributed by atoms with Gasteiger partial charge in [0.15, 0.2) is 0 Å². The lowest BCUT2D eigenvalue weighted by atomic mass is 10.2. The van der Waals surface area contributed by atoms with Crippen molar-refractivity contribution in [2.75, 3.05) is 12.3 Å². The van der Waals surface area contributed by atoms with E-state index in [1.165, 1.54) is 22.2 Å². The van der Waals surface area contributed by atoms with Gasteiger partial charge in [0.25, 0.3) is 5.56 Å². The highest BCUT2D eigenvalue weighted by atomic mass is 79.9. The maximum absolute atomic E-state index is 12.0. The Morgan fingerprint density at radius 3 is 2.95 bits per heavy atom. The second kappa shape index (κ2) is 7.78. The number of nitrogens with zero attached hydrogens (tertiary/aromatic N) is 2. The third kappa shape index (κ3) is 4.84. The number of hydrogen-bond acceptors (Lipinski definition) is 4. The molecule has 5 nitrogen and oxygen atoms in total. The van der Waals surface area contributed by atoms with E-state index in [1.54, 1.807) is 12.3 Å². The lowest BCUT2D eigenvalue weighted by Crippen LogP contribution is -2.28. The Hall–Kier alpha value is -1.34. The molecule has 0 radical (unpaired) electrons. The molecule has 0 aromatic carbocycles. The summed E-state index contributed by atoms with van der Waals surface area (Å²) in [5, 5.41) is 2.86. The Balaban J connectivity index is 1.96. The van der Waals surface area contributed by atoms with Crippen LogP contribution in [0.1, 0.15) is 19.5 Å². The van der Waals surface area contributed by atoms with Gasteiger partial charge in [-0.3, -0.25) is 14.0 Å². The average molecular weight is 384 g/mol. The number of rotatable bonds is 6. The minimum atomic E-state index is -0.119. The fraction of sp³-hybridized carbons (Fsp3) is 0.400. The van der Waals surface area contributed by atoms with E-state index in [4.69, 9.17) is 0 Å². The van der Waals surface area contributed by atoms with Crippen molar-refractivity contribution in [2.24, 2.45) is 5.92 Å². The highest BCUT2D eigenvalue weighted by molar-refractivity contribution is 9.10. The molecule has 0 saturated carbocycles. The standard InChI is InChI=1S/C15H18BrN3O2S/c1-10(2)6-17-14(20)9-22-8-12-5-15(21)19-7-11(16)3-4-13(19)18-12/h3-5,7,10H,6,8-9H2,1-2H3,(H,17,20). The van der Waals surface area contributed by atoms with Gasteiger partial charge in [-0.15, -0.1) is 11.8 Å². The molecule has 0 atom stereocenters. The Bertz CT molecular complexity index is 730. The topological polar surface area (TPSA) is 63.5 Å². The fourth-order valence-corrected chi connectivity index (χ4v) is 2.90. The van der Waals surface area contributed by atoms with Crippen molar-refractivity contribution in [3.63, 3.8) is 0 Å². The number of carbonyl (C=O) groups is 1. The molecular formula is C15H18BrN3O2S. The molecule has 1 amide bonds. The summed E-state index contributed by atoms with van der Waals surface area (Å²) in [5.74, 6) is 1.36. The number of fused-ring (bicyclic) bond motifs is 1. The lowest BCUT2D eigenvalue weighted by molar-refractivity contribution is -0.118. The van der Waals surface area contributed by atoms with Crippen molar-refractivity contribution in [1.29, 1.82) is 0 Å². The van der Waals surface area contributed by atoms with Gasteiger partial charge in [-0.2, -0.15) is 0 Å². The Morgan fingerprint density at radius 2 is 2.23 bits per heavy atom. The van der Waals surface area contributed by atoms with Crippen LogP contribution in [0.5, 0.6) is 0 Å². The van der Waals surface area contributed by atoms with Crippen LogP contribution in [0.15, 0.2) is 33.7 Å². The van der Waals surface area contributed by atoms with E-state index in [2.05, 4.69) is 40.1 Å². The number of halogens is 1. The van der Waals surface area contributed by atoms with Gasteiger partial charge in [-0.05, 0) is 34.0 Å². The fourth-order valence-electron chi connectivity index (χ4n) is 1.82. The largest absolute Gasteiger partial charge is 0.355 e. The highest BCUT2D eigenvalue weighted by Gasteiger charge is 2.06. The van der Waals surface area contributed by atoms with Gasteiger partial charge < -0.3 is 5.32 Å². The number of amides is 1. The van der Waals surface area contributed by atoms with Crippen LogP contribution in [-0.4, -0.2) is 27.6 Å². The molecule has 0 unspecified atom stereocenters. The summed E-state index contributed by atoms with van der Waals surface area (Å²) in [7, 11) is 0. The Labute approximate surface area is 141 Å². The molecule has 0 aliphatic carbocycles. The van der Waals surface area contributed by atoms with Crippen LogP contribution in [0, 0.1) is 5.92 Å². The van der Waals surface area contributed by atoms with Gasteiger partial charge in [0, 0.05) is 29.0 Å². The van der Waals surface area contributed by atoms with Crippen LogP contribution < -0.4 is 10.9 Å². The Kier molecular flexibility index (Phi) is 6.02. The van der Waals surface area contributed by atoms with Crippen LogP contribution in [0.3, 0.4) is 0 Å². The molecule has 2 aromatic rings. The second-order valence-corrected chi connectivity index (χ2v) is 7.25. The molecule has 0 fully saturated rings. The molecular weight excluding hydrogens is 366 g/mol. The third-order valence-electron chi connectivity index (χ3n) is 2.87. The highest BCUT2D eigenvalue weighted by Crippen LogP contribution is 2.12. The third-order valence-corrected chi connectivity index (χ3v) is 4.30. The van der Waals surface area contributed by atoms with Gasteiger partial charge in [-0.1, -0.05) is 13.8 Å². The molecule has 0 aliphatic rings. The molecule has 0 spiro atoms. The van der Waals surface area contributed by atoms with Gasteiger partial charge in [0.05, 0.1) is 11.4 Å². The van der Waals surface area contributed by atoms with Crippen LogP contribution in [0.4, 0.5) is 0 Å². The normalized spacial score (nSPS) is 11.1. The van der Waals surface area contributed by atoms with Gasteiger partial charge in [0.1, 0.15) is 5.65 Å². The monoisotopic (exact) mass is 383 g/mol. The second-order valence-electron chi connectivity index (χ2n) is 5.35. The van der Waals surface area contributed by atoms with Crippen molar-refractivity contribution < 1.29 is 4.79 Å². The van der Waals surface area contributed by atoms with E-state index in [1.807, 2.05) is 6.07 Å². The Morgan fingerprint density at radius 1 is 1.45 bits per heavy atom. The van der Waals surface area contributed by atoms with E-state index in [0.717, 1.165) is 4.47 Å². The van der Waals surface area contributed by atoms with Crippen molar-refractivity contribution in [3.05, 3.63) is 44.9 Å². The molecule has 2 aromatic heterocycles. The summed E-state index contributed by atoms with van der Waals surface area (Å²) >= 11 is 4.79. The molecule has 0 aliphatic heterocycles. The molecule has 0 bridgehead atoms. The van der Waals surface area contributed by atoms with Crippen molar-refractivity contribution in [1.82, 2.24) is 14.7 Å². The molecule has 7 heteroatoms. The van der Waals surface area contributed by atoms with Crippen LogP contribution in [0.25, 0.3) is 5.65 Å². The zero-order valence-electron chi connectivity index (χ0n) is 12.5. The summed E-state index contributed by atoms with van der Waals surface area (Å²) < 4.78 is 2.32. The van der Waals surface area contributed by atoms with E-state index >= 15 is 0 Å². The SMILES string of the molecule is CC(C)CNC(=O)CSCc1cc(=O)n2cc(Br)ccc2n1. The summed E-state index contributed by atoms with van der Waals surface area (Å²) in [6.07, 6.45) is 1.70. The smallest absolute Gasteiger partial charge is 0.258 e. The van der Waals surface area contributed by atoms with Gasteiger partial charge >= 0.3 is 0 Å². The molecule has 118 valence electrons. The van der Waals surface area contributed by atoms with Crippen molar-refractivity contribution in [3.8, 4) is 0 Å². The van der Waals surface area contributed by atoms with E-state index < -0.39 is 0 Å². The van der Waals surface area contributed by atoms with Crippen LogP contribution in [-0.2, 0) is 10.5 Å². The predicted octanol–water partition coefficient (Wildman–Crippen LogP) is 2.46. The molecule has 0 saturated heterocycles. The summed E-state index contributed by atoms with van der Waals surface area (Å²) in [6.45, 7) is 4.79. The molecule has 1 N–H and O–H groups in total. The first-order valence-corrected chi connectivity index (χ1v) is 8.93. The molecule has 22 heavy (non-hydrogen) atoms. The maximum Gasteiger partial charge on any atom is 0.258 e. The van der Waals surface area contributed by atoms with Crippen LogP contribution in [0.2, 0.25) is 0 Å². The lowest BCUT2D eigenvalue weighted by Gasteiger charge is -2.07. The zero-order chi connectivity index (χ0) is 16.1. The summed E-state index contributed by atoms with van der Waals surface area (Å²) in [5.41, 5.74) is 1.18. The summed E-state index contributed by atoms with van der Waals surface area (Å²) in [4.78, 5) is 28.1. The predicted molar refractivity (Wildman–Crippen MR) is 93.2 cm³/mol. The number of pyridine rings is 1. The number of aromatic nitrogens is 2. The minimum absolute atomic E-state index is 0.0140. The molecule has 2 heterocycles. The zero-order valence-corrected chi connectivity index (χ0v) is 14.9. The maximum atomic E-state index is 12.0. The van der Waals surface area contributed by atoms with Gasteiger partial charge in [0.2, 0.25) is 5.91 Å². The number of carbonyl (C=O) groups excluding carboxylic acids is 1. The summed E-state index contributed by atoms with van der Waals surface area (Å²) in [6, 6.07) is 5.14.